The van der Waals surface area contributed by atoms with Crippen LogP contribution < -0.4 is 0 Å². The van der Waals surface area contributed by atoms with Gasteiger partial charge in [-0.3, -0.25) is 0 Å². The third-order valence-electron chi connectivity index (χ3n) is 1.25. The lowest BCUT2D eigenvalue weighted by atomic mass is 10.1. The van der Waals surface area contributed by atoms with Crippen LogP contribution >= 0.6 is 12.6 Å². The first-order valence-corrected chi connectivity index (χ1v) is 3.96. The van der Waals surface area contributed by atoms with Crippen LogP contribution in [0.1, 0.15) is 39.5 Å². The molecule has 0 radical (unpaired) electrons. The maximum Gasteiger partial charge on any atom is 0.104 e. The van der Waals surface area contributed by atoms with Crippen molar-refractivity contribution in [2.75, 3.05) is 0 Å². The fourth-order valence-corrected chi connectivity index (χ4v) is 0.868. The van der Waals surface area contributed by atoms with Crippen molar-refractivity contribution in [1.82, 2.24) is 0 Å². The molecule has 0 aliphatic heterocycles. The number of hydrogen-bond donors (Lipinski definition) is 2. The molecule has 0 saturated carbocycles. The Morgan fingerprint density at radius 2 is 2.00 bits per heavy atom. The van der Waals surface area contributed by atoms with E-state index in [1.807, 2.05) is 0 Å². The van der Waals surface area contributed by atoms with Crippen molar-refractivity contribution in [2.45, 2.75) is 44.5 Å². The molecule has 2 heteroatoms. The average molecular weight is 148 g/mol. The Morgan fingerprint density at radius 1 is 1.44 bits per heavy atom. The Hall–Kier alpha value is 0.310. The van der Waals surface area contributed by atoms with Gasteiger partial charge in [0.1, 0.15) is 4.93 Å². The fraction of sp³-hybridized carbons (Fsp3) is 1.00. The molecule has 1 unspecified atom stereocenters. The maximum absolute atomic E-state index is 9.11. The van der Waals surface area contributed by atoms with Gasteiger partial charge >= 0.3 is 0 Å². The molecule has 0 aromatic carbocycles. The predicted molar refractivity (Wildman–Crippen MR) is 43.8 cm³/mol. The number of unbranched alkanes of at least 4 members (excludes halogenated alkanes) is 2. The molecule has 1 nitrogen and oxygen atoms in total. The van der Waals surface area contributed by atoms with Gasteiger partial charge in [0.15, 0.2) is 0 Å². The van der Waals surface area contributed by atoms with Crippen LogP contribution in [0.5, 0.6) is 0 Å². The van der Waals surface area contributed by atoms with E-state index in [1.165, 1.54) is 12.8 Å². The van der Waals surface area contributed by atoms with Crippen molar-refractivity contribution in [3.05, 3.63) is 0 Å². The Bertz CT molecular complexity index is 65.8. The van der Waals surface area contributed by atoms with Crippen molar-refractivity contribution in [3.8, 4) is 0 Å². The van der Waals surface area contributed by atoms with Gasteiger partial charge in [0.2, 0.25) is 0 Å². The largest absolute Gasteiger partial charge is 0.380 e. The van der Waals surface area contributed by atoms with E-state index in [1.54, 1.807) is 6.92 Å². The van der Waals surface area contributed by atoms with Gasteiger partial charge in [-0.1, -0.05) is 19.8 Å². The first kappa shape index (κ1) is 9.31. The SMILES string of the molecule is CCCCCC(C)(O)S. The quantitative estimate of drug-likeness (QED) is 0.356. The Kier molecular flexibility index (Phi) is 4.32. The summed E-state index contributed by atoms with van der Waals surface area (Å²) in [7, 11) is 0. The van der Waals surface area contributed by atoms with Gasteiger partial charge in [-0.2, -0.15) is 0 Å². The van der Waals surface area contributed by atoms with Gasteiger partial charge in [-0.05, 0) is 19.8 Å². The highest BCUT2D eigenvalue weighted by Crippen LogP contribution is 2.17. The summed E-state index contributed by atoms with van der Waals surface area (Å²) in [5.74, 6) is 0. The Morgan fingerprint density at radius 3 is 2.33 bits per heavy atom. The molecule has 0 amide bonds. The van der Waals surface area contributed by atoms with Crippen molar-refractivity contribution >= 4 is 12.6 Å². The van der Waals surface area contributed by atoms with Crippen molar-refractivity contribution in [2.24, 2.45) is 0 Å². The summed E-state index contributed by atoms with van der Waals surface area (Å²) in [6.45, 7) is 3.87. The topological polar surface area (TPSA) is 20.2 Å². The summed E-state index contributed by atoms with van der Waals surface area (Å²) in [5, 5.41) is 9.11. The smallest absolute Gasteiger partial charge is 0.104 e. The van der Waals surface area contributed by atoms with Gasteiger partial charge in [-0.15, -0.1) is 12.6 Å². The number of thiol groups is 1. The van der Waals surface area contributed by atoms with E-state index in [-0.39, 0.29) is 0 Å². The zero-order chi connectivity index (χ0) is 7.33. The Balaban J connectivity index is 3.07. The van der Waals surface area contributed by atoms with Crippen LogP contribution in [0.4, 0.5) is 0 Å². The van der Waals surface area contributed by atoms with E-state index in [0.717, 1.165) is 12.8 Å². The van der Waals surface area contributed by atoms with Crippen LogP contribution in [0.3, 0.4) is 0 Å². The van der Waals surface area contributed by atoms with E-state index in [0.29, 0.717) is 0 Å². The van der Waals surface area contributed by atoms with Crippen molar-refractivity contribution in [1.29, 1.82) is 0 Å². The van der Waals surface area contributed by atoms with Crippen LogP contribution in [0.2, 0.25) is 0 Å². The number of hydrogen-bond acceptors (Lipinski definition) is 2. The lowest BCUT2D eigenvalue weighted by Gasteiger charge is -2.14. The second-order valence-corrected chi connectivity index (χ2v) is 3.64. The number of rotatable bonds is 4. The number of aliphatic hydroxyl groups is 1. The molecule has 0 heterocycles. The highest BCUT2D eigenvalue weighted by atomic mass is 32.1. The highest BCUT2D eigenvalue weighted by molar-refractivity contribution is 7.81. The summed E-state index contributed by atoms with van der Waals surface area (Å²) >= 11 is 3.98. The second-order valence-electron chi connectivity index (χ2n) is 2.67. The minimum absolute atomic E-state index is 0.755. The molecular weight excluding hydrogens is 132 g/mol. The first-order valence-electron chi connectivity index (χ1n) is 3.51. The third-order valence-corrected chi connectivity index (χ3v) is 1.48. The van der Waals surface area contributed by atoms with Gasteiger partial charge in [0, 0.05) is 0 Å². The third kappa shape index (κ3) is 8.31. The molecule has 56 valence electrons. The van der Waals surface area contributed by atoms with Crippen LogP contribution in [-0.4, -0.2) is 10.0 Å². The summed E-state index contributed by atoms with van der Waals surface area (Å²) in [4.78, 5) is -0.755. The van der Waals surface area contributed by atoms with Crippen LogP contribution in [-0.2, 0) is 0 Å². The van der Waals surface area contributed by atoms with Crippen molar-refractivity contribution < 1.29 is 5.11 Å². The zero-order valence-electron chi connectivity index (χ0n) is 6.22. The molecule has 0 saturated heterocycles. The molecule has 0 rings (SSSR count). The monoisotopic (exact) mass is 148 g/mol. The molecule has 1 atom stereocenters. The Labute approximate surface area is 62.9 Å². The van der Waals surface area contributed by atoms with Gasteiger partial charge in [0.05, 0.1) is 0 Å². The molecule has 0 bridgehead atoms. The second kappa shape index (κ2) is 4.18. The lowest BCUT2D eigenvalue weighted by molar-refractivity contribution is 0.146. The molecule has 9 heavy (non-hydrogen) atoms. The van der Waals surface area contributed by atoms with Gasteiger partial charge in [0.25, 0.3) is 0 Å². The average Bonchev–Trinajstić information content (AvgIpc) is 1.63. The van der Waals surface area contributed by atoms with Crippen LogP contribution in [0.15, 0.2) is 0 Å². The van der Waals surface area contributed by atoms with Gasteiger partial charge < -0.3 is 5.11 Å². The summed E-state index contributed by atoms with van der Waals surface area (Å²) < 4.78 is 0. The lowest BCUT2D eigenvalue weighted by Crippen LogP contribution is -2.13. The molecule has 0 spiro atoms. The summed E-state index contributed by atoms with van der Waals surface area (Å²) in [6.07, 6.45) is 4.26. The summed E-state index contributed by atoms with van der Waals surface area (Å²) in [5.41, 5.74) is 0. The zero-order valence-corrected chi connectivity index (χ0v) is 7.12. The van der Waals surface area contributed by atoms with Crippen LogP contribution in [0.25, 0.3) is 0 Å². The minimum atomic E-state index is -0.755. The van der Waals surface area contributed by atoms with E-state index in [9.17, 15) is 0 Å². The van der Waals surface area contributed by atoms with E-state index in [4.69, 9.17) is 5.11 Å². The summed E-state index contributed by atoms with van der Waals surface area (Å²) in [6, 6.07) is 0. The molecule has 1 N–H and O–H groups in total. The predicted octanol–water partition coefficient (Wildman–Crippen LogP) is 2.21. The molecular formula is C7H16OS. The molecule has 0 aromatic heterocycles. The highest BCUT2D eigenvalue weighted by Gasteiger charge is 2.11. The normalized spacial score (nSPS) is 17.3. The maximum atomic E-state index is 9.11. The van der Waals surface area contributed by atoms with Gasteiger partial charge in [-0.25, -0.2) is 0 Å². The van der Waals surface area contributed by atoms with Crippen LogP contribution in [0, 0.1) is 0 Å². The molecule has 0 aliphatic carbocycles. The van der Waals surface area contributed by atoms with E-state index in [2.05, 4.69) is 19.6 Å². The van der Waals surface area contributed by atoms with E-state index >= 15 is 0 Å². The van der Waals surface area contributed by atoms with E-state index < -0.39 is 4.93 Å². The molecule has 0 aromatic rings. The molecule has 0 aliphatic rings. The first-order chi connectivity index (χ1) is 4.06. The standard InChI is InChI=1S/C7H16OS/c1-3-4-5-6-7(2,8)9/h8-9H,3-6H2,1-2H3. The molecule has 0 fully saturated rings. The minimum Gasteiger partial charge on any atom is -0.380 e. The van der Waals surface area contributed by atoms with Crippen molar-refractivity contribution in [3.63, 3.8) is 0 Å². The fourth-order valence-electron chi connectivity index (χ4n) is 0.710.